The molecule has 2 aromatic rings. The van der Waals surface area contributed by atoms with Gasteiger partial charge in [0.1, 0.15) is 17.3 Å². The van der Waals surface area contributed by atoms with Crippen LogP contribution >= 0.6 is 0 Å². The van der Waals surface area contributed by atoms with Crippen LogP contribution < -0.4 is 9.47 Å². The van der Waals surface area contributed by atoms with E-state index in [0.29, 0.717) is 23.8 Å². The van der Waals surface area contributed by atoms with Crippen molar-refractivity contribution < 1.29 is 31.8 Å². The van der Waals surface area contributed by atoms with Gasteiger partial charge in [-0.25, -0.2) is 12.7 Å². The predicted molar refractivity (Wildman–Crippen MR) is 105 cm³/mol. The minimum absolute atomic E-state index is 0.00745. The Bertz CT molecular complexity index is 916. The number of nitrogens with zero attached hydrogens (tertiary/aromatic N) is 2. The van der Waals surface area contributed by atoms with Crippen LogP contribution in [-0.4, -0.2) is 65.6 Å². The second-order valence-electron chi connectivity index (χ2n) is 6.45. The van der Waals surface area contributed by atoms with Crippen LogP contribution in [0.1, 0.15) is 11.3 Å². The molecule has 10 heteroatoms. The number of furan rings is 1. The Morgan fingerprint density at radius 1 is 1.00 bits per heavy atom. The van der Waals surface area contributed by atoms with Crippen molar-refractivity contribution in [2.75, 3.05) is 42.0 Å². The second-order valence-corrected chi connectivity index (χ2v) is 8.53. The summed E-state index contributed by atoms with van der Waals surface area (Å²) in [6.07, 6.45) is 0. The lowest BCUT2D eigenvalue weighted by molar-refractivity contribution is -0.142. The Morgan fingerprint density at radius 2 is 1.62 bits per heavy atom. The zero-order valence-corrected chi connectivity index (χ0v) is 18.0. The summed E-state index contributed by atoms with van der Waals surface area (Å²) in [6, 6.07) is 8.38. The Labute approximate surface area is 170 Å². The summed E-state index contributed by atoms with van der Waals surface area (Å²) in [4.78, 5) is 13.6. The van der Waals surface area contributed by atoms with Gasteiger partial charge < -0.3 is 18.6 Å². The summed E-state index contributed by atoms with van der Waals surface area (Å²) in [5, 5.41) is -0.154. The Balaban J connectivity index is 2.26. The molecular formula is C19H26N2O7S. The maximum Gasteiger partial charge on any atom is 0.319 e. The average molecular weight is 426 g/mol. The first-order chi connectivity index (χ1) is 13.7. The number of esters is 1. The number of ether oxygens (including phenoxy) is 3. The number of rotatable bonds is 10. The van der Waals surface area contributed by atoms with Gasteiger partial charge in [-0.1, -0.05) is 0 Å². The molecule has 1 heterocycles. The van der Waals surface area contributed by atoms with E-state index < -0.39 is 16.0 Å². The van der Waals surface area contributed by atoms with E-state index in [2.05, 4.69) is 0 Å². The van der Waals surface area contributed by atoms with Crippen molar-refractivity contribution in [3.8, 4) is 11.5 Å². The number of hydrogen-bond donors (Lipinski definition) is 0. The number of methoxy groups -OCH3 is 3. The van der Waals surface area contributed by atoms with Crippen molar-refractivity contribution in [3.63, 3.8) is 0 Å². The summed E-state index contributed by atoms with van der Waals surface area (Å²) in [5.41, 5.74) is 0.845. The van der Waals surface area contributed by atoms with Crippen LogP contribution in [0.4, 0.5) is 0 Å². The molecule has 0 N–H and O–H groups in total. The Hall–Kier alpha value is -2.56. The van der Waals surface area contributed by atoms with E-state index in [1.54, 1.807) is 31.3 Å². The fraction of sp³-hybridized carbons (Fsp3) is 0.421. The molecule has 1 aromatic heterocycles. The molecular weight excluding hydrogens is 400 g/mol. The highest BCUT2D eigenvalue weighted by Crippen LogP contribution is 2.24. The number of sulfonamides is 1. The quantitative estimate of drug-likeness (QED) is 0.530. The molecule has 1 aromatic carbocycles. The van der Waals surface area contributed by atoms with E-state index >= 15 is 0 Å². The third-order valence-electron chi connectivity index (χ3n) is 4.15. The van der Waals surface area contributed by atoms with Gasteiger partial charge in [0, 0.05) is 26.7 Å². The van der Waals surface area contributed by atoms with Crippen LogP contribution in [0.3, 0.4) is 0 Å². The van der Waals surface area contributed by atoms with Crippen LogP contribution in [-0.2, 0) is 32.6 Å². The molecule has 0 bridgehead atoms. The predicted octanol–water partition coefficient (Wildman–Crippen LogP) is 1.72. The number of hydrogen-bond acceptors (Lipinski definition) is 8. The van der Waals surface area contributed by atoms with E-state index in [1.807, 2.05) is 12.1 Å². The maximum absolute atomic E-state index is 12.2. The first-order valence-corrected chi connectivity index (χ1v) is 10.2. The highest BCUT2D eigenvalue weighted by Gasteiger charge is 2.23. The molecule has 29 heavy (non-hydrogen) atoms. The summed E-state index contributed by atoms with van der Waals surface area (Å²) >= 11 is 0. The van der Waals surface area contributed by atoms with Crippen LogP contribution in [0, 0.1) is 0 Å². The number of benzene rings is 1. The normalized spacial score (nSPS) is 11.7. The second kappa shape index (κ2) is 9.77. The molecule has 0 amide bonds. The lowest BCUT2D eigenvalue weighted by atomic mass is 10.2. The third-order valence-corrected chi connectivity index (χ3v) is 5.84. The molecule has 9 nitrogen and oxygen atoms in total. The van der Waals surface area contributed by atoms with Gasteiger partial charge in [-0.2, -0.15) is 0 Å². The van der Waals surface area contributed by atoms with Crippen LogP contribution in [0.2, 0.25) is 0 Å². The molecule has 0 atom stereocenters. The molecule has 0 radical (unpaired) electrons. The van der Waals surface area contributed by atoms with Gasteiger partial charge in [0.05, 0.1) is 34.4 Å². The lowest BCUT2D eigenvalue weighted by Crippen LogP contribution is -2.29. The highest BCUT2D eigenvalue weighted by molar-refractivity contribution is 7.88. The molecule has 0 fully saturated rings. The summed E-state index contributed by atoms with van der Waals surface area (Å²) in [6.45, 7) is 0.559. The zero-order valence-electron chi connectivity index (χ0n) is 17.2. The van der Waals surface area contributed by atoms with Crippen molar-refractivity contribution in [2.45, 2.75) is 18.2 Å². The van der Waals surface area contributed by atoms with E-state index in [1.165, 1.54) is 27.3 Å². The topological polar surface area (TPSA) is 98.5 Å². The van der Waals surface area contributed by atoms with Crippen molar-refractivity contribution in [1.29, 1.82) is 0 Å². The fourth-order valence-electron chi connectivity index (χ4n) is 2.61. The van der Waals surface area contributed by atoms with E-state index in [9.17, 15) is 13.2 Å². The first-order valence-electron chi connectivity index (χ1n) is 8.72. The molecule has 160 valence electrons. The van der Waals surface area contributed by atoms with Gasteiger partial charge in [0.2, 0.25) is 5.09 Å². The molecule has 0 spiro atoms. The standard InChI is InChI=1S/C19H26N2O7S/c1-20(2)29(23,24)19-7-6-15(28-19)12-21(13-18(22)27-5)11-14-8-16(25-3)10-17(9-14)26-4/h6-10H,11-13H2,1-5H3. The molecule has 0 unspecified atom stereocenters. The third kappa shape index (κ3) is 5.96. The molecule has 0 aliphatic rings. The number of carbonyl (C=O) groups excluding carboxylic acids is 1. The van der Waals surface area contributed by atoms with Crippen molar-refractivity contribution in [3.05, 3.63) is 41.7 Å². The Morgan fingerprint density at radius 3 is 2.14 bits per heavy atom. The van der Waals surface area contributed by atoms with E-state index in [4.69, 9.17) is 18.6 Å². The maximum atomic E-state index is 12.2. The van der Waals surface area contributed by atoms with Gasteiger partial charge in [0.25, 0.3) is 10.0 Å². The average Bonchev–Trinajstić information content (AvgIpc) is 3.16. The molecule has 0 aliphatic carbocycles. The van der Waals surface area contributed by atoms with Crippen LogP contribution in [0.25, 0.3) is 0 Å². The first kappa shape index (κ1) is 22.7. The monoisotopic (exact) mass is 426 g/mol. The lowest BCUT2D eigenvalue weighted by Gasteiger charge is -2.20. The largest absolute Gasteiger partial charge is 0.497 e. The van der Waals surface area contributed by atoms with Gasteiger partial charge in [-0.3, -0.25) is 9.69 Å². The smallest absolute Gasteiger partial charge is 0.319 e. The number of carbonyl (C=O) groups is 1. The summed E-state index contributed by atoms with van der Waals surface area (Å²) in [5.74, 6) is 1.22. The minimum atomic E-state index is -3.67. The van der Waals surface area contributed by atoms with Crippen LogP contribution in [0.15, 0.2) is 39.8 Å². The molecule has 2 rings (SSSR count). The molecule has 0 saturated heterocycles. The summed E-state index contributed by atoms with van der Waals surface area (Å²) in [7, 11) is 3.60. The van der Waals surface area contributed by atoms with Gasteiger partial charge in [-0.15, -0.1) is 0 Å². The van der Waals surface area contributed by atoms with Crippen molar-refractivity contribution in [2.24, 2.45) is 0 Å². The molecule has 0 saturated carbocycles. The zero-order chi connectivity index (χ0) is 21.6. The summed E-state index contributed by atoms with van der Waals surface area (Å²) < 4.78 is 46.3. The van der Waals surface area contributed by atoms with Crippen molar-refractivity contribution in [1.82, 2.24) is 9.21 Å². The molecule has 0 aliphatic heterocycles. The highest BCUT2D eigenvalue weighted by atomic mass is 32.2. The van der Waals surface area contributed by atoms with Gasteiger partial charge in [-0.05, 0) is 29.8 Å². The van der Waals surface area contributed by atoms with Gasteiger partial charge in [0.15, 0.2) is 0 Å². The van der Waals surface area contributed by atoms with E-state index in [0.717, 1.165) is 9.87 Å². The SMILES string of the molecule is COC(=O)CN(Cc1cc(OC)cc(OC)c1)Cc1ccc(S(=O)(=O)N(C)C)o1. The van der Waals surface area contributed by atoms with Crippen molar-refractivity contribution >= 4 is 16.0 Å². The van der Waals surface area contributed by atoms with Gasteiger partial charge >= 0.3 is 5.97 Å². The Kier molecular flexibility index (Phi) is 7.66. The van der Waals surface area contributed by atoms with E-state index in [-0.39, 0.29) is 18.2 Å². The fourth-order valence-corrected chi connectivity index (χ4v) is 3.43. The minimum Gasteiger partial charge on any atom is -0.497 e. The van der Waals surface area contributed by atoms with Crippen LogP contribution in [0.5, 0.6) is 11.5 Å².